The molecule has 3 rings (SSSR count). The van der Waals surface area contributed by atoms with Gasteiger partial charge in [-0.25, -0.2) is 4.98 Å². The molecule has 1 N–H and O–H groups in total. The monoisotopic (exact) mass is 319 g/mol. The normalized spacial score (nSPS) is 23.2. The van der Waals surface area contributed by atoms with Crippen LogP contribution < -0.4 is 0 Å². The highest BCUT2D eigenvalue weighted by Gasteiger charge is 2.25. The van der Waals surface area contributed by atoms with Crippen LogP contribution in [0.15, 0.2) is 0 Å². The van der Waals surface area contributed by atoms with Crippen molar-refractivity contribution in [2.24, 2.45) is 5.92 Å². The zero-order chi connectivity index (χ0) is 16.1. The molecule has 0 unspecified atom stereocenters. The van der Waals surface area contributed by atoms with Crippen molar-refractivity contribution in [2.45, 2.75) is 51.9 Å². The molecule has 23 heavy (non-hydrogen) atoms. The first-order valence-corrected chi connectivity index (χ1v) is 9.09. The van der Waals surface area contributed by atoms with E-state index in [-0.39, 0.29) is 5.91 Å². The maximum Gasteiger partial charge on any atom is 0.223 e. The lowest BCUT2D eigenvalue weighted by Crippen LogP contribution is -2.44. The van der Waals surface area contributed by atoms with Gasteiger partial charge < -0.3 is 9.80 Å². The highest BCUT2D eigenvalue weighted by Crippen LogP contribution is 2.20. The fraction of sp³-hybridized carbons (Fsp3) is 0.824. The minimum Gasteiger partial charge on any atom is -0.342 e. The van der Waals surface area contributed by atoms with Crippen LogP contribution in [0.1, 0.15) is 50.2 Å². The van der Waals surface area contributed by atoms with Crippen LogP contribution in [0.5, 0.6) is 0 Å². The maximum atomic E-state index is 12.5. The summed E-state index contributed by atoms with van der Waals surface area (Å²) in [5, 5.41) is 6.94. The standard InChI is InChI=1S/C17H29N5O/c1-14-18-16(20-19-14)7-8-17(23)22-11-5-6-15(13-22)12-21-9-3-2-4-10-21/h15H,2-13H2,1H3,(H,18,19,20)/t15-/m1/s1. The highest BCUT2D eigenvalue weighted by molar-refractivity contribution is 5.76. The number of piperidine rings is 2. The van der Waals surface area contributed by atoms with Gasteiger partial charge in [-0.3, -0.25) is 9.89 Å². The number of rotatable bonds is 5. The number of aryl methyl sites for hydroxylation is 2. The second-order valence-corrected chi connectivity index (χ2v) is 7.05. The molecule has 1 aromatic heterocycles. The van der Waals surface area contributed by atoms with Crippen LogP contribution in [-0.4, -0.2) is 63.6 Å². The average molecular weight is 319 g/mol. The first-order valence-electron chi connectivity index (χ1n) is 9.09. The van der Waals surface area contributed by atoms with E-state index in [1.807, 2.05) is 6.92 Å². The largest absolute Gasteiger partial charge is 0.342 e. The molecule has 2 saturated heterocycles. The molecule has 0 radical (unpaired) electrons. The Bertz CT molecular complexity index is 509. The van der Waals surface area contributed by atoms with Gasteiger partial charge in [0.2, 0.25) is 5.91 Å². The molecule has 0 spiro atoms. The lowest BCUT2D eigenvalue weighted by atomic mass is 9.96. The summed E-state index contributed by atoms with van der Waals surface area (Å²) in [5.41, 5.74) is 0. The molecule has 0 bridgehead atoms. The molecule has 2 aliphatic heterocycles. The smallest absolute Gasteiger partial charge is 0.223 e. The number of likely N-dealkylation sites (tertiary alicyclic amines) is 2. The number of H-pyrrole nitrogens is 1. The molecule has 2 fully saturated rings. The topological polar surface area (TPSA) is 65.1 Å². The fourth-order valence-electron chi connectivity index (χ4n) is 3.83. The van der Waals surface area contributed by atoms with Crippen molar-refractivity contribution in [1.29, 1.82) is 0 Å². The fourth-order valence-corrected chi connectivity index (χ4v) is 3.83. The van der Waals surface area contributed by atoms with Crippen LogP contribution >= 0.6 is 0 Å². The number of amides is 1. The third-order valence-corrected chi connectivity index (χ3v) is 5.04. The van der Waals surface area contributed by atoms with Gasteiger partial charge in [0.25, 0.3) is 0 Å². The summed E-state index contributed by atoms with van der Waals surface area (Å²) >= 11 is 0. The zero-order valence-corrected chi connectivity index (χ0v) is 14.3. The van der Waals surface area contributed by atoms with Gasteiger partial charge in [-0.1, -0.05) is 6.42 Å². The molecule has 1 amide bonds. The van der Waals surface area contributed by atoms with Crippen molar-refractivity contribution in [3.8, 4) is 0 Å². The molecular weight excluding hydrogens is 290 g/mol. The number of aromatic amines is 1. The summed E-state index contributed by atoms with van der Waals surface area (Å²) in [6.45, 7) is 7.39. The van der Waals surface area contributed by atoms with Gasteiger partial charge in [-0.05, 0) is 51.6 Å². The Balaban J connectivity index is 1.44. The highest BCUT2D eigenvalue weighted by atomic mass is 16.2. The molecule has 0 aromatic carbocycles. The molecule has 128 valence electrons. The lowest BCUT2D eigenvalue weighted by Gasteiger charge is -2.37. The number of carbonyl (C=O) groups excluding carboxylic acids is 1. The van der Waals surface area contributed by atoms with Crippen molar-refractivity contribution in [3.63, 3.8) is 0 Å². The number of aromatic nitrogens is 3. The Morgan fingerprint density at radius 3 is 2.78 bits per heavy atom. The van der Waals surface area contributed by atoms with Crippen LogP contribution in [0.4, 0.5) is 0 Å². The summed E-state index contributed by atoms with van der Waals surface area (Å²) in [5.74, 6) is 2.47. The molecule has 1 aromatic rings. The molecule has 6 nitrogen and oxygen atoms in total. The number of carbonyl (C=O) groups is 1. The van der Waals surface area contributed by atoms with Crippen molar-refractivity contribution >= 4 is 5.91 Å². The van der Waals surface area contributed by atoms with Crippen LogP contribution in [0.3, 0.4) is 0 Å². The maximum absolute atomic E-state index is 12.5. The summed E-state index contributed by atoms with van der Waals surface area (Å²) < 4.78 is 0. The molecule has 0 saturated carbocycles. The minimum atomic E-state index is 0.260. The summed E-state index contributed by atoms with van der Waals surface area (Å²) in [4.78, 5) is 21.4. The minimum absolute atomic E-state index is 0.260. The number of nitrogens with zero attached hydrogens (tertiary/aromatic N) is 4. The van der Waals surface area contributed by atoms with Crippen molar-refractivity contribution in [1.82, 2.24) is 25.0 Å². The van der Waals surface area contributed by atoms with E-state index in [2.05, 4.69) is 25.0 Å². The molecule has 3 heterocycles. The van der Waals surface area contributed by atoms with Gasteiger partial charge in [-0.15, -0.1) is 0 Å². The van der Waals surface area contributed by atoms with Crippen LogP contribution in [0.25, 0.3) is 0 Å². The first kappa shape index (κ1) is 16.4. The van der Waals surface area contributed by atoms with Crippen molar-refractivity contribution in [3.05, 3.63) is 11.6 Å². The third-order valence-electron chi connectivity index (χ3n) is 5.04. The van der Waals surface area contributed by atoms with Gasteiger partial charge in [0, 0.05) is 32.5 Å². The molecule has 0 aliphatic carbocycles. The van der Waals surface area contributed by atoms with E-state index >= 15 is 0 Å². The Morgan fingerprint density at radius 1 is 1.22 bits per heavy atom. The van der Waals surface area contributed by atoms with E-state index in [1.54, 1.807) is 0 Å². The second-order valence-electron chi connectivity index (χ2n) is 7.05. The second kappa shape index (κ2) is 7.90. The molecule has 1 atom stereocenters. The first-order chi connectivity index (χ1) is 11.2. The average Bonchev–Trinajstić information content (AvgIpc) is 2.99. The molecular formula is C17H29N5O. The van der Waals surface area contributed by atoms with Crippen molar-refractivity contribution < 1.29 is 4.79 Å². The summed E-state index contributed by atoms with van der Waals surface area (Å²) in [7, 11) is 0. The predicted molar refractivity (Wildman–Crippen MR) is 89.0 cm³/mol. The van der Waals surface area contributed by atoms with Gasteiger partial charge in [0.05, 0.1) is 0 Å². The molecule has 6 heteroatoms. The predicted octanol–water partition coefficient (Wildman–Crippen LogP) is 1.77. The van der Waals surface area contributed by atoms with E-state index in [9.17, 15) is 4.79 Å². The van der Waals surface area contributed by atoms with Crippen molar-refractivity contribution in [2.75, 3.05) is 32.7 Å². The zero-order valence-electron chi connectivity index (χ0n) is 14.3. The van der Waals surface area contributed by atoms with E-state index in [0.717, 1.165) is 31.2 Å². The Labute approximate surface area is 138 Å². The Morgan fingerprint density at radius 2 is 2.04 bits per heavy atom. The van der Waals surface area contributed by atoms with Crippen LogP contribution in [0, 0.1) is 12.8 Å². The van der Waals surface area contributed by atoms with E-state index in [4.69, 9.17) is 0 Å². The van der Waals surface area contributed by atoms with Gasteiger partial charge in [0.15, 0.2) is 5.82 Å². The Kier molecular flexibility index (Phi) is 5.65. The molecule has 2 aliphatic rings. The SMILES string of the molecule is Cc1nc(CCC(=O)N2CCC[C@H](CN3CCCCC3)C2)n[nH]1. The van der Waals surface area contributed by atoms with Gasteiger partial charge in [0.1, 0.15) is 5.82 Å². The van der Waals surface area contributed by atoms with E-state index < -0.39 is 0 Å². The summed E-state index contributed by atoms with van der Waals surface area (Å²) in [6, 6.07) is 0. The lowest BCUT2D eigenvalue weighted by molar-refractivity contribution is -0.133. The number of hydrogen-bond acceptors (Lipinski definition) is 4. The number of nitrogens with one attached hydrogen (secondary N) is 1. The Hall–Kier alpha value is -1.43. The van der Waals surface area contributed by atoms with Crippen LogP contribution in [0.2, 0.25) is 0 Å². The van der Waals surface area contributed by atoms with Gasteiger partial charge >= 0.3 is 0 Å². The van der Waals surface area contributed by atoms with Crippen LogP contribution in [-0.2, 0) is 11.2 Å². The van der Waals surface area contributed by atoms with E-state index in [0.29, 0.717) is 18.8 Å². The summed E-state index contributed by atoms with van der Waals surface area (Å²) in [6.07, 6.45) is 7.62. The van der Waals surface area contributed by atoms with E-state index in [1.165, 1.54) is 45.3 Å². The quantitative estimate of drug-likeness (QED) is 0.898. The van der Waals surface area contributed by atoms with Gasteiger partial charge in [-0.2, -0.15) is 5.10 Å². The number of hydrogen-bond donors (Lipinski definition) is 1. The third kappa shape index (κ3) is 4.77.